The minimum Gasteiger partial charge on any atom is -0.370 e. The molecular weight excluding hydrogens is 222 g/mol. The number of nitrogens with one attached hydrogen (secondary N) is 1. The quantitative estimate of drug-likeness (QED) is 0.764. The Kier molecular flexibility index (Phi) is 6.73. The third-order valence-electron chi connectivity index (χ3n) is 3.34. The third-order valence-corrected chi connectivity index (χ3v) is 3.34. The van der Waals surface area contributed by atoms with Crippen molar-refractivity contribution < 1.29 is 0 Å². The number of pyridine rings is 1. The summed E-state index contributed by atoms with van der Waals surface area (Å²) in [7, 11) is 2.19. The predicted octanol–water partition coefficient (Wildman–Crippen LogP) is 3.52. The van der Waals surface area contributed by atoms with Gasteiger partial charge in [0.2, 0.25) is 0 Å². The van der Waals surface area contributed by atoms with E-state index in [0.717, 1.165) is 31.0 Å². The number of hydrogen-bond donors (Lipinski definition) is 1. The van der Waals surface area contributed by atoms with Crippen molar-refractivity contribution in [2.24, 2.45) is 0 Å². The van der Waals surface area contributed by atoms with Gasteiger partial charge in [0.25, 0.3) is 0 Å². The standard InChI is InChI=1S/C15H27N3/c1-5-11-16-15-10-8-9-13(17-15)12-18(4)14(6-2)7-3/h8-10,14H,5-7,11-12H2,1-4H3,(H,16,17). The normalized spacial score (nSPS) is 11.2. The van der Waals surface area contributed by atoms with Crippen molar-refractivity contribution in [3.05, 3.63) is 23.9 Å². The molecule has 0 saturated heterocycles. The van der Waals surface area contributed by atoms with Gasteiger partial charge in [-0.1, -0.05) is 26.8 Å². The number of rotatable bonds is 8. The van der Waals surface area contributed by atoms with E-state index in [9.17, 15) is 0 Å². The first-order valence-corrected chi connectivity index (χ1v) is 7.11. The van der Waals surface area contributed by atoms with Crippen molar-refractivity contribution in [3.63, 3.8) is 0 Å². The fraction of sp³-hybridized carbons (Fsp3) is 0.667. The summed E-state index contributed by atoms with van der Waals surface area (Å²) in [6, 6.07) is 6.88. The van der Waals surface area contributed by atoms with E-state index in [2.05, 4.69) is 55.2 Å². The Bertz CT molecular complexity index is 334. The Morgan fingerprint density at radius 3 is 2.56 bits per heavy atom. The molecule has 0 aliphatic rings. The lowest BCUT2D eigenvalue weighted by Crippen LogP contribution is -2.30. The van der Waals surface area contributed by atoms with Crippen molar-refractivity contribution in [3.8, 4) is 0 Å². The highest BCUT2D eigenvalue weighted by atomic mass is 15.1. The highest BCUT2D eigenvalue weighted by Gasteiger charge is 2.11. The molecule has 0 spiro atoms. The summed E-state index contributed by atoms with van der Waals surface area (Å²) in [6.07, 6.45) is 3.51. The average Bonchev–Trinajstić information content (AvgIpc) is 2.38. The SMILES string of the molecule is CCCNc1cccc(CN(C)C(CC)CC)n1. The molecule has 0 unspecified atom stereocenters. The Balaban J connectivity index is 2.60. The zero-order chi connectivity index (χ0) is 13.4. The van der Waals surface area contributed by atoms with Crippen LogP contribution >= 0.6 is 0 Å². The second kappa shape index (κ2) is 8.09. The molecule has 0 atom stereocenters. The molecule has 0 bridgehead atoms. The molecular formula is C15H27N3. The van der Waals surface area contributed by atoms with Crippen molar-refractivity contribution in [1.82, 2.24) is 9.88 Å². The molecule has 0 fully saturated rings. The van der Waals surface area contributed by atoms with E-state index in [4.69, 9.17) is 0 Å². The maximum atomic E-state index is 4.65. The van der Waals surface area contributed by atoms with Gasteiger partial charge < -0.3 is 5.32 Å². The largest absolute Gasteiger partial charge is 0.370 e. The Morgan fingerprint density at radius 1 is 1.22 bits per heavy atom. The minimum atomic E-state index is 0.652. The van der Waals surface area contributed by atoms with Crippen molar-refractivity contribution in [2.45, 2.75) is 52.6 Å². The first-order valence-electron chi connectivity index (χ1n) is 7.11. The van der Waals surface area contributed by atoms with Crippen LogP contribution in [0.2, 0.25) is 0 Å². The minimum absolute atomic E-state index is 0.652. The zero-order valence-electron chi connectivity index (χ0n) is 12.2. The highest BCUT2D eigenvalue weighted by Crippen LogP contribution is 2.12. The van der Waals surface area contributed by atoms with E-state index in [1.807, 2.05) is 6.07 Å². The molecule has 0 radical (unpaired) electrons. The number of anilines is 1. The zero-order valence-corrected chi connectivity index (χ0v) is 12.2. The van der Waals surface area contributed by atoms with E-state index >= 15 is 0 Å². The molecule has 1 rings (SSSR count). The lowest BCUT2D eigenvalue weighted by atomic mass is 10.1. The van der Waals surface area contributed by atoms with Gasteiger partial charge in [0.15, 0.2) is 0 Å². The molecule has 3 nitrogen and oxygen atoms in total. The summed E-state index contributed by atoms with van der Waals surface area (Å²) >= 11 is 0. The number of aromatic nitrogens is 1. The third kappa shape index (κ3) is 4.65. The van der Waals surface area contributed by atoms with Crippen molar-refractivity contribution in [2.75, 3.05) is 18.9 Å². The second-order valence-electron chi connectivity index (χ2n) is 4.83. The summed E-state index contributed by atoms with van der Waals surface area (Å²) in [5.74, 6) is 0.993. The predicted molar refractivity (Wildman–Crippen MR) is 78.9 cm³/mol. The van der Waals surface area contributed by atoms with Crippen LogP contribution in [-0.2, 0) is 6.54 Å². The van der Waals surface area contributed by atoms with Crippen LogP contribution in [0.5, 0.6) is 0 Å². The molecule has 1 aromatic heterocycles. The van der Waals surface area contributed by atoms with Gasteiger partial charge in [-0.25, -0.2) is 4.98 Å². The number of hydrogen-bond acceptors (Lipinski definition) is 3. The smallest absolute Gasteiger partial charge is 0.126 e. The van der Waals surface area contributed by atoms with Gasteiger partial charge in [0.1, 0.15) is 5.82 Å². The van der Waals surface area contributed by atoms with E-state index in [-0.39, 0.29) is 0 Å². The summed E-state index contributed by atoms with van der Waals surface area (Å²) in [4.78, 5) is 7.04. The summed E-state index contributed by atoms with van der Waals surface area (Å²) in [6.45, 7) is 8.57. The molecule has 1 N–H and O–H groups in total. The molecule has 0 saturated carbocycles. The van der Waals surface area contributed by atoms with Crippen molar-refractivity contribution >= 4 is 5.82 Å². The molecule has 3 heteroatoms. The van der Waals surface area contributed by atoms with Crippen molar-refractivity contribution in [1.29, 1.82) is 0 Å². The summed E-state index contributed by atoms with van der Waals surface area (Å²) < 4.78 is 0. The number of nitrogens with zero attached hydrogens (tertiary/aromatic N) is 2. The van der Waals surface area contributed by atoms with Gasteiger partial charge >= 0.3 is 0 Å². The lowest BCUT2D eigenvalue weighted by molar-refractivity contribution is 0.219. The molecule has 0 amide bonds. The van der Waals surface area contributed by atoms with Gasteiger partial charge in [-0.05, 0) is 38.4 Å². The van der Waals surface area contributed by atoms with Crippen LogP contribution in [0.1, 0.15) is 45.7 Å². The van der Waals surface area contributed by atoms with Crippen LogP contribution in [0.15, 0.2) is 18.2 Å². The maximum Gasteiger partial charge on any atom is 0.126 e. The lowest BCUT2D eigenvalue weighted by Gasteiger charge is -2.25. The average molecular weight is 249 g/mol. The van der Waals surface area contributed by atoms with Crippen LogP contribution in [-0.4, -0.2) is 29.5 Å². The molecule has 0 aromatic carbocycles. The summed E-state index contributed by atoms with van der Waals surface area (Å²) in [5.41, 5.74) is 1.14. The van der Waals surface area contributed by atoms with Gasteiger partial charge in [0, 0.05) is 19.1 Å². The van der Waals surface area contributed by atoms with Crippen LogP contribution in [0.25, 0.3) is 0 Å². The molecule has 0 aliphatic carbocycles. The van der Waals surface area contributed by atoms with Gasteiger partial charge in [0.05, 0.1) is 5.69 Å². The van der Waals surface area contributed by atoms with Gasteiger partial charge in [-0.2, -0.15) is 0 Å². The Labute approximate surface area is 112 Å². The molecule has 0 aliphatic heterocycles. The van der Waals surface area contributed by atoms with Crippen LogP contribution < -0.4 is 5.32 Å². The topological polar surface area (TPSA) is 28.2 Å². The summed E-state index contributed by atoms with van der Waals surface area (Å²) in [5, 5.41) is 3.34. The highest BCUT2D eigenvalue weighted by molar-refractivity contribution is 5.35. The van der Waals surface area contributed by atoms with E-state index in [1.54, 1.807) is 0 Å². The maximum absolute atomic E-state index is 4.65. The first kappa shape index (κ1) is 15.0. The van der Waals surface area contributed by atoms with E-state index in [0.29, 0.717) is 6.04 Å². The first-order chi connectivity index (χ1) is 8.71. The Hall–Kier alpha value is -1.09. The molecule has 1 aromatic rings. The fourth-order valence-corrected chi connectivity index (χ4v) is 2.22. The van der Waals surface area contributed by atoms with Crippen LogP contribution in [0.3, 0.4) is 0 Å². The molecule has 1 heterocycles. The molecule has 18 heavy (non-hydrogen) atoms. The Morgan fingerprint density at radius 2 is 1.94 bits per heavy atom. The van der Waals surface area contributed by atoms with E-state index < -0.39 is 0 Å². The van der Waals surface area contributed by atoms with Crippen LogP contribution in [0, 0.1) is 0 Å². The van der Waals surface area contributed by atoms with Crippen LogP contribution in [0.4, 0.5) is 5.82 Å². The molecule has 102 valence electrons. The van der Waals surface area contributed by atoms with Gasteiger partial charge in [-0.3, -0.25) is 4.90 Å². The monoisotopic (exact) mass is 249 g/mol. The fourth-order valence-electron chi connectivity index (χ4n) is 2.22. The van der Waals surface area contributed by atoms with E-state index in [1.165, 1.54) is 12.8 Å². The van der Waals surface area contributed by atoms with Gasteiger partial charge in [-0.15, -0.1) is 0 Å². The second-order valence-corrected chi connectivity index (χ2v) is 4.83.